The van der Waals surface area contributed by atoms with E-state index in [9.17, 15) is 4.79 Å². The molecule has 1 aliphatic rings. The van der Waals surface area contributed by atoms with Crippen molar-refractivity contribution >= 4 is 35.0 Å². The molecule has 1 fully saturated rings. The van der Waals surface area contributed by atoms with Gasteiger partial charge in [-0.05, 0) is 25.5 Å². The number of carbonyl (C=O) groups excluding carboxylic acids is 1. The van der Waals surface area contributed by atoms with Gasteiger partial charge in [0.05, 0.1) is 35.5 Å². The fourth-order valence-corrected chi connectivity index (χ4v) is 4.34. The van der Waals surface area contributed by atoms with Gasteiger partial charge in [-0.2, -0.15) is 5.10 Å². The molecule has 0 radical (unpaired) electrons. The van der Waals surface area contributed by atoms with Crippen LogP contribution in [-0.2, 0) is 4.74 Å². The molecule has 1 amide bonds. The summed E-state index contributed by atoms with van der Waals surface area (Å²) in [5.41, 5.74) is 6.54. The largest absolute Gasteiger partial charge is 0.496 e. The number of carbonyl (C=O) groups is 1. The molecule has 0 unspecified atom stereocenters. The number of aromatic nitrogens is 3. The Labute approximate surface area is 190 Å². The number of amides is 1. The second kappa shape index (κ2) is 12.1. The minimum atomic E-state index is -0.252. The number of nitrogens with zero attached hydrogens (tertiary/aromatic N) is 3. The molecule has 6 N–H and O–H groups in total. The summed E-state index contributed by atoms with van der Waals surface area (Å²) in [4.78, 5) is 19.3. The van der Waals surface area contributed by atoms with Crippen molar-refractivity contribution < 1.29 is 19.7 Å². The van der Waals surface area contributed by atoms with Crippen LogP contribution in [0.15, 0.2) is 23.6 Å². The van der Waals surface area contributed by atoms with Crippen molar-refractivity contribution in [2.45, 2.75) is 30.1 Å². The van der Waals surface area contributed by atoms with Crippen LogP contribution in [0.4, 0.5) is 5.69 Å². The third kappa shape index (κ3) is 6.71. The summed E-state index contributed by atoms with van der Waals surface area (Å²) in [6.45, 7) is 2.61. The highest BCUT2D eigenvalue weighted by atomic mass is 35.5. The number of hydrogen-bond acceptors (Lipinski definition) is 8. The van der Waals surface area contributed by atoms with Crippen molar-refractivity contribution in [2.75, 3.05) is 45.3 Å². The number of halogens is 1. The predicted octanol–water partition coefficient (Wildman–Crippen LogP) is 1.23. The highest BCUT2D eigenvalue weighted by Gasteiger charge is 2.31. The SMILES string of the molecule is COc1cc(N)c(Cl)cc1C(=O)N[C@H]1CCN(CCCSc2ncn[nH]2)C[C@H]1OC.O. The van der Waals surface area contributed by atoms with E-state index in [0.717, 1.165) is 43.4 Å². The number of ether oxygens (including phenoxy) is 2. The van der Waals surface area contributed by atoms with Gasteiger partial charge in [-0.3, -0.25) is 9.89 Å². The summed E-state index contributed by atoms with van der Waals surface area (Å²) in [6, 6.07) is 3.00. The Bertz CT molecular complexity index is 841. The summed E-state index contributed by atoms with van der Waals surface area (Å²) in [5, 5.41) is 10.9. The molecule has 0 bridgehead atoms. The third-order valence-electron chi connectivity index (χ3n) is 5.08. The topological polar surface area (TPSA) is 150 Å². The Morgan fingerprint density at radius 3 is 2.94 bits per heavy atom. The average molecular weight is 473 g/mol. The lowest BCUT2D eigenvalue weighted by atomic mass is 10.0. The van der Waals surface area contributed by atoms with Gasteiger partial charge in [0.1, 0.15) is 12.1 Å². The van der Waals surface area contributed by atoms with E-state index in [-0.39, 0.29) is 23.5 Å². The zero-order valence-electron chi connectivity index (χ0n) is 17.6. The number of nitrogens with one attached hydrogen (secondary N) is 2. The Balaban J connectivity index is 0.00000341. The maximum absolute atomic E-state index is 12.8. The Kier molecular flexibility index (Phi) is 9.85. The molecule has 0 spiro atoms. The lowest BCUT2D eigenvalue weighted by molar-refractivity contribution is 0.00655. The minimum absolute atomic E-state index is 0. The van der Waals surface area contributed by atoms with Crippen LogP contribution >= 0.6 is 23.4 Å². The van der Waals surface area contributed by atoms with Gasteiger partial charge >= 0.3 is 0 Å². The number of likely N-dealkylation sites (tertiary alicyclic amines) is 1. The van der Waals surface area contributed by atoms with Crippen LogP contribution in [0.3, 0.4) is 0 Å². The molecule has 0 saturated carbocycles. The number of hydrogen-bond donors (Lipinski definition) is 3. The van der Waals surface area contributed by atoms with Crippen LogP contribution in [0.1, 0.15) is 23.2 Å². The molecule has 2 heterocycles. The number of methoxy groups -OCH3 is 2. The van der Waals surface area contributed by atoms with E-state index in [1.54, 1.807) is 24.9 Å². The normalized spacial score (nSPS) is 18.9. The summed E-state index contributed by atoms with van der Waals surface area (Å²) in [5.74, 6) is 1.10. The number of H-pyrrole nitrogens is 1. The van der Waals surface area contributed by atoms with Gasteiger partial charge in [0, 0.05) is 32.0 Å². The van der Waals surface area contributed by atoms with Crippen LogP contribution < -0.4 is 15.8 Å². The second-order valence-corrected chi connectivity index (χ2v) is 8.50. The molecule has 172 valence electrons. The first-order valence-corrected chi connectivity index (χ1v) is 11.0. The standard InChI is InChI=1S/C19H27ClN6O3S.H2O/c1-28-16-9-14(21)13(20)8-12(16)18(27)24-15-4-6-26(10-17(15)29-2)5-3-7-30-19-22-11-23-25-19;/h8-9,11,15,17H,3-7,10,21H2,1-2H3,(H,24,27)(H,22,23,25);1H2/t15-,17+;/m0./s1. The van der Waals surface area contributed by atoms with E-state index in [1.165, 1.54) is 19.5 Å². The summed E-state index contributed by atoms with van der Waals surface area (Å²) >= 11 is 7.75. The molecule has 2 aromatic rings. The second-order valence-electron chi connectivity index (χ2n) is 7.01. The van der Waals surface area contributed by atoms with Crippen molar-refractivity contribution in [3.8, 4) is 5.75 Å². The predicted molar refractivity (Wildman–Crippen MR) is 121 cm³/mol. The quantitative estimate of drug-likeness (QED) is 0.280. The number of anilines is 1. The van der Waals surface area contributed by atoms with Gasteiger partial charge in [0.2, 0.25) is 0 Å². The monoisotopic (exact) mass is 472 g/mol. The van der Waals surface area contributed by atoms with Gasteiger partial charge in [-0.1, -0.05) is 23.4 Å². The molecular formula is C19H29ClN6O4S. The molecule has 10 nitrogen and oxygen atoms in total. The van der Waals surface area contributed by atoms with Gasteiger partial charge in [0.25, 0.3) is 5.91 Å². The van der Waals surface area contributed by atoms with E-state index in [1.807, 2.05) is 0 Å². The van der Waals surface area contributed by atoms with Crippen LogP contribution in [0, 0.1) is 0 Å². The van der Waals surface area contributed by atoms with E-state index < -0.39 is 0 Å². The molecule has 1 aromatic carbocycles. The first-order valence-electron chi connectivity index (χ1n) is 9.69. The molecule has 2 atom stereocenters. The minimum Gasteiger partial charge on any atom is -0.496 e. The number of piperidine rings is 1. The van der Waals surface area contributed by atoms with E-state index in [0.29, 0.717) is 22.0 Å². The number of aromatic amines is 1. The van der Waals surface area contributed by atoms with Crippen LogP contribution in [-0.4, -0.2) is 83.2 Å². The Hall–Kier alpha value is -2.05. The fraction of sp³-hybridized carbons (Fsp3) is 0.526. The zero-order valence-corrected chi connectivity index (χ0v) is 19.1. The van der Waals surface area contributed by atoms with Gasteiger partial charge in [0.15, 0.2) is 5.16 Å². The number of thioether (sulfide) groups is 1. The summed E-state index contributed by atoms with van der Waals surface area (Å²) in [6.07, 6.45) is 3.24. The number of benzene rings is 1. The summed E-state index contributed by atoms with van der Waals surface area (Å²) in [7, 11) is 3.17. The molecule has 1 aromatic heterocycles. The van der Waals surface area contributed by atoms with Gasteiger partial charge < -0.3 is 30.9 Å². The first kappa shape index (κ1) is 25.2. The van der Waals surface area contributed by atoms with Crippen molar-refractivity contribution in [3.05, 3.63) is 29.0 Å². The maximum atomic E-state index is 12.8. The lowest BCUT2D eigenvalue weighted by Gasteiger charge is -2.38. The van der Waals surface area contributed by atoms with Crippen molar-refractivity contribution in [3.63, 3.8) is 0 Å². The Morgan fingerprint density at radius 2 is 2.26 bits per heavy atom. The molecule has 31 heavy (non-hydrogen) atoms. The van der Waals surface area contributed by atoms with E-state index in [2.05, 4.69) is 25.4 Å². The smallest absolute Gasteiger partial charge is 0.255 e. The van der Waals surface area contributed by atoms with Gasteiger partial charge in [-0.15, -0.1) is 0 Å². The average Bonchev–Trinajstić information content (AvgIpc) is 3.27. The Morgan fingerprint density at radius 1 is 1.45 bits per heavy atom. The molecule has 1 saturated heterocycles. The molecule has 12 heteroatoms. The van der Waals surface area contributed by atoms with Gasteiger partial charge in [-0.25, -0.2) is 4.98 Å². The summed E-state index contributed by atoms with van der Waals surface area (Å²) < 4.78 is 11.0. The van der Waals surface area contributed by atoms with Crippen molar-refractivity contribution in [1.29, 1.82) is 0 Å². The highest BCUT2D eigenvalue weighted by Crippen LogP contribution is 2.29. The number of rotatable bonds is 9. The van der Waals surface area contributed by atoms with E-state index >= 15 is 0 Å². The number of nitrogens with two attached hydrogens (primary N) is 1. The molecule has 1 aliphatic heterocycles. The molecule has 3 rings (SSSR count). The van der Waals surface area contributed by atoms with Crippen molar-refractivity contribution in [1.82, 2.24) is 25.4 Å². The van der Waals surface area contributed by atoms with Crippen LogP contribution in [0.5, 0.6) is 5.75 Å². The highest BCUT2D eigenvalue weighted by molar-refractivity contribution is 7.99. The van der Waals surface area contributed by atoms with Crippen LogP contribution in [0.25, 0.3) is 0 Å². The molecule has 0 aliphatic carbocycles. The maximum Gasteiger partial charge on any atom is 0.255 e. The number of nitrogen functional groups attached to an aromatic ring is 1. The van der Waals surface area contributed by atoms with E-state index in [4.69, 9.17) is 26.8 Å². The van der Waals surface area contributed by atoms with Crippen LogP contribution in [0.2, 0.25) is 5.02 Å². The molecular weight excluding hydrogens is 444 g/mol. The fourth-order valence-electron chi connectivity index (χ4n) is 3.47. The first-order chi connectivity index (χ1) is 14.5. The lowest BCUT2D eigenvalue weighted by Crippen LogP contribution is -2.55. The zero-order chi connectivity index (χ0) is 21.5. The third-order valence-corrected chi connectivity index (χ3v) is 6.37. The van der Waals surface area contributed by atoms with Crippen molar-refractivity contribution in [2.24, 2.45) is 0 Å².